The zero-order valence-electron chi connectivity index (χ0n) is 72.0. The highest BCUT2D eigenvalue weighted by molar-refractivity contribution is 7.58. The van der Waals surface area contributed by atoms with E-state index >= 15 is 0 Å². The number of fused-ring (bicyclic) bond motifs is 5. The molecule has 45 heteroatoms. The average molecular weight is 1770 g/mol. The predicted octanol–water partition coefficient (Wildman–Crippen LogP) is 5.99. The van der Waals surface area contributed by atoms with Crippen LogP contribution < -0.4 is 0 Å². The fraction of sp³-hybridized carbons (Fsp3) is 0.918. The molecule has 0 saturated carbocycles. The maximum atomic E-state index is 12.0. The first-order valence-electron chi connectivity index (χ1n) is 39.0. The Labute approximate surface area is 687 Å². The molecule has 0 aromatic heterocycles. The molecule has 31 atom stereocenters. The number of carbonyl (C=O) groups excluding carboxylic acids is 5. The normalized spacial score (nSPS) is 39.2. The monoisotopic (exact) mass is 1770 g/mol. The molecule has 0 aliphatic carbocycles. The van der Waals surface area contributed by atoms with Crippen molar-refractivity contribution >= 4 is 57.9 Å². The second kappa shape index (κ2) is 43.1. The van der Waals surface area contributed by atoms with Gasteiger partial charge in [-0.25, -0.2) is 4.79 Å². The Morgan fingerprint density at radius 3 is 1.00 bits per heavy atom. The lowest BCUT2D eigenvalue weighted by atomic mass is 9.99. The highest BCUT2D eigenvalue weighted by Gasteiger charge is 2.60. The topological polar surface area (TPSA) is 513 Å². The predicted molar refractivity (Wildman–Crippen MR) is 400 cm³/mol. The lowest BCUT2D eigenvalue weighted by Gasteiger charge is -2.24. The van der Waals surface area contributed by atoms with Gasteiger partial charge in [-0.05, 0) is 96.4 Å². The molecule has 42 nitrogen and oxygen atoms in total. The maximum absolute atomic E-state index is 12.0. The second-order valence-corrected chi connectivity index (χ2v) is 39.6. The van der Waals surface area contributed by atoms with Crippen molar-refractivity contribution < 1.29 is 200 Å². The van der Waals surface area contributed by atoms with Crippen LogP contribution in [0, 0.1) is 23.7 Å². The molecule has 0 bridgehead atoms. The lowest BCUT2D eigenvalue weighted by molar-refractivity contribution is -0.257. The van der Waals surface area contributed by atoms with E-state index in [4.69, 9.17) is 142 Å². The van der Waals surface area contributed by atoms with Gasteiger partial charge in [0.05, 0.1) is 44.4 Å². The number of carboxylic acids is 1. The van der Waals surface area contributed by atoms with Crippen LogP contribution >= 0.6 is 22.1 Å². The van der Waals surface area contributed by atoms with Crippen molar-refractivity contribution in [2.45, 2.75) is 343 Å². The van der Waals surface area contributed by atoms with Crippen LogP contribution in [0.3, 0.4) is 0 Å². The molecular weight excluding hydrogens is 1640 g/mol. The van der Waals surface area contributed by atoms with Crippen molar-refractivity contribution in [3.63, 3.8) is 0 Å². The molecule has 0 aromatic rings. The first-order valence-corrected chi connectivity index (χ1v) is 45.8. The molecule has 12 saturated heterocycles. The first kappa shape index (κ1) is 103. The molecular formula is C73H127O42P3. The van der Waals surface area contributed by atoms with E-state index in [0.29, 0.717) is 19.8 Å². The summed E-state index contributed by atoms with van der Waals surface area (Å²) >= 11 is 0. The third-order valence-corrected chi connectivity index (χ3v) is 23.0. The standard InChI is InChI=1S/C13H23O8P.C12H23O6P.C11H21O7P.C11H18O5.C10H16O5.C8H12O6.C8H14O5/c1-6-18-22(5,16)7-17-12-8(2)11(19-9(3)14)13(21-12)20-10(4)15;1-6-15-19(5,13)7-14-10-8(2)9-11(16-10)18-12(3,4)17-9;1-5-15-19(4,13)6-14-9-7(12)8-10(16-9)18-11(2,3)17-8;1-5-9-6(2)10(14-7(3)12)11(16-9)15-8(4)13;1-5-7-9(15-10(3,4)14-7)13-8(5)12-6(2)11;1-8(2)13-5-3(9)4(6(10)11)12-7(5)14-8;1-8(2)12-6-5(10)4(3-9)11-7(6)13-8/h8,11-13H,6-7H2,1-5H3;8-11H,6-7H2,1-5H3;7-10,12H,5-6H2,1-4H3;6,9-11H,5H2,1-4H3;5,7-9H,1-4H3;3-5,7,9H,1-2H3,(H,10,11);4-7,9-10H,3H2,1-2H3/t8-,11?,12+,13-,22?;8-,9?,10+,11+,19?;7-,8?,9+,10+,19?;6-,9+,10?,11+;5-,7?,8+,9+;3-,4-,5?,7-;4-,5+,6?,7+/m1110101/s1. The average Bonchev–Trinajstić information content (AvgIpc) is 1.64. The van der Waals surface area contributed by atoms with Crippen LogP contribution in [0.1, 0.15) is 166 Å². The van der Waals surface area contributed by atoms with E-state index in [1.165, 1.54) is 47.9 Å². The molecule has 118 heavy (non-hydrogen) atoms. The molecule has 0 radical (unpaired) electrons. The van der Waals surface area contributed by atoms with E-state index in [-0.39, 0.29) is 67.7 Å². The summed E-state index contributed by atoms with van der Waals surface area (Å²) in [5, 5.41) is 46.7. The number of carbonyl (C=O) groups is 6. The number of aliphatic carboxylic acids is 1. The van der Waals surface area contributed by atoms with Gasteiger partial charge in [0.2, 0.25) is 41.0 Å². The number of aliphatic hydroxyl groups excluding tert-OH is 4. The summed E-state index contributed by atoms with van der Waals surface area (Å²) in [5.74, 6) is -7.42. The summed E-state index contributed by atoms with van der Waals surface area (Å²) in [5.41, 5.74) is 0. The Kier molecular flexibility index (Phi) is 37.7. The number of esters is 5. The number of aliphatic hydroxyl groups is 4. The Morgan fingerprint density at radius 1 is 0.347 bits per heavy atom. The van der Waals surface area contributed by atoms with Crippen LogP contribution in [0.25, 0.3) is 0 Å². The summed E-state index contributed by atoms with van der Waals surface area (Å²) in [6, 6.07) is 0. The van der Waals surface area contributed by atoms with Crippen LogP contribution in [0.15, 0.2) is 0 Å². The smallest absolute Gasteiger partial charge is 0.335 e. The van der Waals surface area contributed by atoms with E-state index in [9.17, 15) is 57.8 Å². The zero-order valence-corrected chi connectivity index (χ0v) is 74.7. The minimum atomic E-state index is -2.88. The Bertz CT molecular complexity index is 3350. The minimum Gasteiger partial charge on any atom is -0.479 e. The van der Waals surface area contributed by atoms with Gasteiger partial charge >= 0.3 is 35.8 Å². The zero-order chi connectivity index (χ0) is 89.1. The van der Waals surface area contributed by atoms with E-state index < -0.39 is 217 Å². The van der Waals surface area contributed by atoms with Crippen LogP contribution in [-0.2, 0) is 174 Å². The Balaban J connectivity index is 0.000000215. The largest absolute Gasteiger partial charge is 0.479 e. The van der Waals surface area contributed by atoms with Crippen molar-refractivity contribution in [2.24, 2.45) is 23.7 Å². The quantitative estimate of drug-likeness (QED) is 0.0445. The highest BCUT2D eigenvalue weighted by Crippen LogP contribution is 2.49. The molecule has 12 rings (SSSR count). The second-order valence-electron chi connectivity index (χ2n) is 32.0. The number of hydrogen-bond acceptors (Lipinski definition) is 41. The van der Waals surface area contributed by atoms with Gasteiger partial charge in [-0.3, -0.25) is 37.7 Å². The molecule has 0 spiro atoms. The van der Waals surface area contributed by atoms with Gasteiger partial charge in [0.1, 0.15) is 74.0 Å². The molecule has 12 fully saturated rings. The molecule has 686 valence electrons. The maximum Gasteiger partial charge on any atom is 0.335 e. The lowest BCUT2D eigenvalue weighted by Crippen LogP contribution is -2.38. The van der Waals surface area contributed by atoms with Crippen LogP contribution in [0.2, 0.25) is 0 Å². The van der Waals surface area contributed by atoms with Crippen molar-refractivity contribution in [3.05, 3.63) is 0 Å². The van der Waals surface area contributed by atoms with Gasteiger partial charge in [-0.1, -0.05) is 34.6 Å². The summed E-state index contributed by atoms with van der Waals surface area (Å²) < 4.78 is 185. The van der Waals surface area contributed by atoms with Crippen molar-refractivity contribution in [2.75, 3.05) is 65.5 Å². The van der Waals surface area contributed by atoms with Crippen molar-refractivity contribution in [3.8, 4) is 0 Å². The van der Waals surface area contributed by atoms with E-state index in [1.807, 2.05) is 55.4 Å². The molecule has 0 amide bonds. The van der Waals surface area contributed by atoms with Gasteiger partial charge in [-0.2, -0.15) is 0 Å². The molecule has 0 aromatic carbocycles. The molecule has 12 aliphatic heterocycles. The van der Waals surface area contributed by atoms with Gasteiger partial charge in [0.15, 0.2) is 97.6 Å². The van der Waals surface area contributed by atoms with Crippen LogP contribution in [-0.4, -0.2) is 304 Å². The number of hydrogen-bond donors (Lipinski definition) is 5. The van der Waals surface area contributed by atoms with Gasteiger partial charge in [0.25, 0.3) is 0 Å². The number of ether oxygens (including phenoxy) is 25. The van der Waals surface area contributed by atoms with Gasteiger partial charge < -0.3 is 158 Å². The minimum absolute atomic E-state index is 0.0133. The molecule has 12 heterocycles. The van der Waals surface area contributed by atoms with Crippen molar-refractivity contribution in [1.82, 2.24) is 0 Å². The number of rotatable bonds is 23. The third-order valence-electron chi connectivity index (χ3n) is 18.8. The van der Waals surface area contributed by atoms with E-state index in [1.54, 1.807) is 75.9 Å². The highest BCUT2D eigenvalue weighted by atomic mass is 31.2. The van der Waals surface area contributed by atoms with Crippen molar-refractivity contribution in [1.29, 1.82) is 0 Å². The van der Waals surface area contributed by atoms with E-state index in [2.05, 4.69) is 0 Å². The van der Waals surface area contributed by atoms with Gasteiger partial charge in [-0.15, -0.1) is 0 Å². The van der Waals surface area contributed by atoms with Crippen LogP contribution in [0.5, 0.6) is 0 Å². The Morgan fingerprint density at radius 2 is 0.653 bits per heavy atom. The molecule has 5 N–H and O–H groups in total. The van der Waals surface area contributed by atoms with Crippen LogP contribution in [0.4, 0.5) is 0 Å². The SMILES string of the molecule is CC(=O)O[C@H]1O[C@H]2OC(C)(C)OC2[C@H]1C.CC1(C)OC2[C@@H](O[C@H](C(=O)O)[C@@H]2O)O1.CC1(C)OC2[C@@H](O[C@H](CO)[C@@H]2O)O1.CCOP(C)(=O)CO[C@H]1O[C@@H](OC(C)=O)C(OC(C)=O)[C@H]1C.CCOP(C)(=O)CO[C@H]1O[C@H]2OC(C)(C)OC2[C@H]1C.CCOP(C)(=O)CO[C@H]1O[C@H]2OC(C)(C)OC2[C@H]1O.CC[C@H]1O[C@@H](OC(C)=O)C(OC(C)=O)[C@H]1C. The van der Waals surface area contributed by atoms with E-state index in [0.717, 1.165) is 6.42 Å². The summed E-state index contributed by atoms with van der Waals surface area (Å²) in [6.07, 6.45) is -15.2. The summed E-state index contributed by atoms with van der Waals surface area (Å²) in [7, 11) is -8.42. The molecule has 12 aliphatic rings. The number of carboxylic acid groups (broad SMARTS) is 1. The summed E-state index contributed by atoms with van der Waals surface area (Å²) in [6.45, 7) is 44.4. The summed E-state index contributed by atoms with van der Waals surface area (Å²) in [4.78, 5) is 65.5. The fourth-order valence-electron chi connectivity index (χ4n) is 13.8. The molecule has 10 unspecified atom stereocenters. The third kappa shape index (κ3) is 29.8. The first-order chi connectivity index (χ1) is 54.4. The van der Waals surface area contributed by atoms with Gasteiger partial charge in [0, 0.05) is 66.4 Å². The Hall–Kier alpha value is -3.57. The fourth-order valence-corrected chi connectivity index (χ4v) is 16.9.